The van der Waals surface area contributed by atoms with Gasteiger partial charge in [-0.1, -0.05) is 43.7 Å². The Morgan fingerprint density at radius 1 is 1.20 bits per heavy atom. The lowest BCUT2D eigenvalue weighted by molar-refractivity contribution is 0.285. The van der Waals surface area contributed by atoms with Crippen LogP contribution in [0, 0.1) is 0 Å². The lowest BCUT2D eigenvalue weighted by Crippen LogP contribution is -1.95. The van der Waals surface area contributed by atoms with E-state index in [2.05, 4.69) is 6.92 Å². The molecule has 1 aromatic carbocycles. The summed E-state index contributed by atoms with van der Waals surface area (Å²) >= 11 is 1.57. The van der Waals surface area contributed by atoms with Gasteiger partial charge in [-0.25, -0.2) is 0 Å². The standard InChI is InChI=1S/C15H23O3PS/c1-5-6-12-20-15(19(16,17-3)18-4)13(2)14-10-8-7-9-11-14/h7-11H,5-6,12H2,1-4H3/b15-13-. The van der Waals surface area contributed by atoms with Crippen LogP contribution < -0.4 is 0 Å². The van der Waals surface area contributed by atoms with Crippen molar-refractivity contribution in [1.29, 1.82) is 0 Å². The minimum Gasteiger partial charge on any atom is -0.308 e. The van der Waals surface area contributed by atoms with Gasteiger partial charge in [-0.15, -0.1) is 11.8 Å². The lowest BCUT2D eigenvalue weighted by Gasteiger charge is -2.19. The molecule has 112 valence electrons. The highest BCUT2D eigenvalue weighted by atomic mass is 32.2. The highest BCUT2D eigenvalue weighted by molar-refractivity contribution is 8.10. The lowest BCUT2D eigenvalue weighted by atomic mass is 10.1. The second-order valence-electron chi connectivity index (χ2n) is 4.36. The number of benzene rings is 1. The fourth-order valence-electron chi connectivity index (χ4n) is 1.76. The maximum Gasteiger partial charge on any atom is 0.367 e. The number of thioether (sulfide) groups is 1. The van der Waals surface area contributed by atoms with E-state index in [4.69, 9.17) is 9.05 Å². The molecule has 0 N–H and O–H groups in total. The van der Waals surface area contributed by atoms with Crippen LogP contribution in [0.25, 0.3) is 5.57 Å². The Morgan fingerprint density at radius 3 is 2.30 bits per heavy atom. The Balaban J connectivity index is 3.18. The highest BCUT2D eigenvalue weighted by Gasteiger charge is 2.30. The van der Waals surface area contributed by atoms with Crippen molar-refractivity contribution in [2.45, 2.75) is 26.7 Å². The van der Waals surface area contributed by atoms with E-state index < -0.39 is 7.60 Å². The normalized spacial score (nSPS) is 13.2. The average Bonchev–Trinajstić information content (AvgIpc) is 2.51. The van der Waals surface area contributed by atoms with Gasteiger partial charge in [-0.2, -0.15) is 0 Å². The third-order valence-corrected chi connectivity index (χ3v) is 6.92. The van der Waals surface area contributed by atoms with Crippen molar-refractivity contribution < 1.29 is 13.6 Å². The molecule has 0 aliphatic rings. The van der Waals surface area contributed by atoms with Crippen LogP contribution in [0.2, 0.25) is 0 Å². The monoisotopic (exact) mass is 314 g/mol. The predicted molar refractivity (Wildman–Crippen MR) is 88.0 cm³/mol. The molecule has 0 radical (unpaired) electrons. The van der Waals surface area contributed by atoms with Gasteiger partial charge < -0.3 is 9.05 Å². The minimum atomic E-state index is -3.21. The van der Waals surface area contributed by atoms with Crippen molar-refractivity contribution >= 4 is 24.9 Å². The van der Waals surface area contributed by atoms with Crippen LogP contribution in [0.1, 0.15) is 32.3 Å². The van der Waals surface area contributed by atoms with Gasteiger partial charge in [-0.05, 0) is 30.2 Å². The van der Waals surface area contributed by atoms with E-state index in [-0.39, 0.29) is 0 Å². The molecular formula is C15H23O3PS. The number of hydrogen-bond acceptors (Lipinski definition) is 4. The van der Waals surface area contributed by atoms with Crippen molar-refractivity contribution in [1.82, 2.24) is 0 Å². The molecule has 0 amide bonds. The molecule has 0 aliphatic heterocycles. The van der Waals surface area contributed by atoms with Crippen LogP contribution in [0.3, 0.4) is 0 Å². The molecule has 0 saturated carbocycles. The molecule has 3 nitrogen and oxygen atoms in total. The molecule has 0 bridgehead atoms. The third kappa shape index (κ3) is 4.49. The smallest absolute Gasteiger partial charge is 0.308 e. The molecule has 0 aromatic heterocycles. The quantitative estimate of drug-likeness (QED) is 0.476. The maximum absolute atomic E-state index is 12.7. The van der Waals surface area contributed by atoms with E-state index in [1.807, 2.05) is 37.3 Å². The fraction of sp³-hybridized carbons (Fsp3) is 0.467. The van der Waals surface area contributed by atoms with Crippen LogP contribution >= 0.6 is 19.4 Å². The molecule has 0 saturated heterocycles. The number of rotatable bonds is 8. The summed E-state index contributed by atoms with van der Waals surface area (Å²) in [5.41, 5.74) is 2.00. The topological polar surface area (TPSA) is 35.5 Å². The molecule has 0 aliphatic carbocycles. The molecule has 5 heteroatoms. The Bertz CT molecular complexity index is 477. The van der Waals surface area contributed by atoms with Gasteiger partial charge in [0, 0.05) is 14.2 Å². The van der Waals surface area contributed by atoms with E-state index in [1.165, 1.54) is 14.2 Å². The van der Waals surface area contributed by atoms with Gasteiger partial charge in [-0.3, -0.25) is 4.57 Å². The van der Waals surface area contributed by atoms with Crippen LogP contribution in [-0.4, -0.2) is 20.0 Å². The summed E-state index contributed by atoms with van der Waals surface area (Å²) in [6.45, 7) is 4.11. The Labute approximate surface area is 126 Å². The zero-order chi connectivity index (χ0) is 15.0. The number of hydrogen-bond donors (Lipinski definition) is 0. The summed E-state index contributed by atoms with van der Waals surface area (Å²) in [4.78, 5) is 0. The van der Waals surface area contributed by atoms with E-state index in [0.717, 1.165) is 29.7 Å². The van der Waals surface area contributed by atoms with Gasteiger partial charge in [0.25, 0.3) is 0 Å². The first kappa shape index (κ1) is 17.5. The Kier molecular flexibility index (Phi) is 7.60. The predicted octanol–water partition coefficient (Wildman–Crippen LogP) is 5.39. The van der Waals surface area contributed by atoms with Gasteiger partial charge in [0.15, 0.2) is 0 Å². The molecular weight excluding hydrogens is 291 g/mol. The van der Waals surface area contributed by atoms with Gasteiger partial charge >= 0.3 is 7.60 Å². The summed E-state index contributed by atoms with van der Waals surface area (Å²) < 4.78 is 23.8. The molecule has 0 unspecified atom stereocenters. The van der Waals surface area contributed by atoms with Gasteiger partial charge in [0.05, 0.1) is 0 Å². The largest absolute Gasteiger partial charge is 0.367 e. The molecule has 1 rings (SSSR count). The Morgan fingerprint density at radius 2 is 1.80 bits per heavy atom. The zero-order valence-electron chi connectivity index (χ0n) is 12.6. The van der Waals surface area contributed by atoms with E-state index in [0.29, 0.717) is 4.65 Å². The van der Waals surface area contributed by atoms with E-state index in [9.17, 15) is 4.57 Å². The van der Waals surface area contributed by atoms with Crippen molar-refractivity contribution in [2.24, 2.45) is 0 Å². The second-order valence-corrected chi connectivity index (χ2v) is 7.94. The van der Waals surface area contributed by atoms with Crippen molar-refractivity contribution in [2.75, 3.05) is 20.0 Å². The second kappa shape index (κ2) is 8.68. The minimum absolute atomic E-state index is 0.710. The first-order valence-electron chi connectivity index (χ1n) is 6.70. The fourth-order valence-corrected chi connectivity index (χ4v) is 5.09. The summed E-state index contributed by atoms with van der Waals surface area (Å²) in [5.74, 6) is 0.909. The van der Waals surface area contributed by atoms with Crippen molar-refractivity contribution in [3.63, 3.8) is 0 Å². The third-order valence-electron chi connectivity index (χ3n) is 2.99. The SMILES string of the molecule is CCCCS/C(=C(/C)c1ccccc1)P(=O)(OC)OC. The van der Waals surface area contributed by atoms with Crippen molar-refractivity contribution in [3.8, 4) is 0 Å². The molecule has 0 heterocycles. The summed E-state index contributed by atoms with van der Waals surface area (Å²) in [7, 11) is -0.344. The highest BCUT2D eigenvalue weighted by Crippen LogP contribution is 2.61. The van der Waals surface area contributed by atoms with E-state index >= 15 is 0 Å². The van der Waals surface area contributed by atoms with Gasteiger partial charge in [0.2, 0.25) is 0 Å². The Hall–Kier alpha value is -0.540. The average molecular weight is 314 g/mol. The first-order valence-corrected chi connectivity index (χ1v) is 9.23. The summed E-state index contributed by atoms with van der Waals surface area (Å²) in [6.07, 6.45) is 2.18. The van der Waals surface area contributed by atoms with Crippen LogP contribution in [0.5, 0.6) is 0 Å². The van der Waals surface area contributed by atoms with Crippen molar-refractivity contribution in [3.05, 3.63) is 40.5 Å². The van der Waals surface area contributed by atoms with Crippen LogP contribution in [0.15, 0.2) is 35.0 Å². The van der Waals surface area contributed by atoms with E-state index in [1.54, 1.807) is 11.8 Å². The molecule has 0 atom stereocenters. The molecule has 1 aromatic rings. The zero-order valence-corrected chi connectivity index (χ0v) is 14.3. The molecule has 0 fully saturated rings. The maximum atomic E-state index is 12.7. The summed E-state index contributed by atoms with van der Waals surface area (Å²) in [5, 5.41) is 0. The number of allylic oxidation sites excluding steroid dienone is 1. The van der Waals surface area contributed by atoms with Crippen LogP contribution in [0.4, 0.5) is 0 Å². The molecule has 0 spiro atoms. The van der Waals surface area contributed by atoms with Crippen LogP contribution in [-0.2, 0) is 13.6 Å². The first-order chi connectivity index (χ1) is 9.59. The summed E-state index contributed by atoms with van der Waals surface area (Å²) in [6, 6.07) is 9.92. The number of unbranched alkanes of at least 4 members (excludes halogenated alkanes) is 1. The molecule has 20 heavy (non-hydrogen) atoms. The van der Waals surface area contributed by atoms with Gasteiger partial charge in [0.1, 0.15) is 4.65 Å².